The van der Waals surface area contributed by atoms with Crippen LogP contribution in [-0.4, -0.2) is 54.1 Å². The molecule has 8 heteroatoms. The predicted molar refractivity (Wildman–Crippen MR) is 45.6 cm³/mol. The molecule has 78 valence electrons. The molecule has 0 unspecified atom stereocenters. The van der Waals surface area contributed by atoms with E-state index in [1.165, 1.54) is 0 Å². The molecule has 0 aromatic carbocycles. The number of carboxylic acids is 3. The van der Waals surface area contributed by atoms with Gasteiger partial charge in [-0.15, -0.1) is 0 Å². The third-order valence-electron chi connectivity index (χ3n) is 1.29. The van der Waals surface area contributed by atoms with Gasteiger partial charge >= 0.3 is 28.0 Å². The maximum absolute atomic E-state index is 10.3. The van der Waals surface area contributed by atoms with Crippen LogP contribution in [0.2, 0.25) is 0 Å². The summed E-state index contributed by atoms with van der Waals surface area (Å²) >= 11 is 0. The zero-order valence-corrected chi connectivity index (χ0v) is 6.43. The molecule has 14 heavy (non-hydrogen) atoms. The molecule has 0 rings (SSSR count). The van der Waals surface area contributed by atoms with Crippen LogP contribution in [0, 0.1) is 0 Å². The molecule has 0 aliphatic heterocycles. The monoisotopic (exact) mass is 203 g/mol. The molecule has 4 N–H and O–H groups in total. The van der Waals surface area contributed by atoms with Crippen LogP contribution in [0.1, 0.15) is 12.8 Å². The van der Waals surface area contributed by atoms with Crippen LogP contribution in [0.15, 0.2) is 0 Å². The van der Waals surface area contributed by atoms with Gasteiger partial charge in [0.05, 0.1) is 12.8 Å². The summed E-state index contributed by atoms with van der Waals surface area (Å²) in [6, 6.07) is 0. The van der Waals surface area contributed by atoms with E-state index >= 15 is 0 Å². The van der Waals surface area contributed by atoms with Gasteiger partial charge < -0.3 is 20.4 Å². The first-order chi connectivity index (χ1) is 5.78. The fraction of sp³-hybridized carbons (Fsp3) is 0.500. The molecule has 7 nitrogen and oxygen atoms in total. The van der Waals surface area contributed by atoms with Crippen molar-refractivity contribution in [2.75, 3.05) is 0 Å². The molecule has 0 aliphatic rings. The van der Waals surface area contributed by atoms with Crippen molar-refractivity contribution in [1.82, 2.24) is 0 Å². The molecule has 0 aromatic heterocycles. The Morgan fingerprint density at radius 2 is 1.21 bits per heavy atom. The molecule has 0 saturated heterocycles. The second kappa shape index (κ2) is 5.31. The van der Waals surface area contributed by atoms with Crippen LogP contribution in [0.5, 0.6) is 0 Å². The zero-order valence-electron chi connectivity index (χ0n) is 6.43. The first kappa shape index (κ1) is 15.0. The molecule has 0 fully saturated rings. The fourth-order valence-electron chi connectivity index (χ4n) is 0.714. The van der Waals surface area contributed by atoms with Crippen LogP contribution in [0.3, 0.4) is 0 Å². The fourth-order valence-corrected chi connectivity index (χ4v) is 0.714. The Bertz CT molecular complexity index is 233. The summed E-state index contributed by atoms with van der Waals surface area (Å²) in [5.41, 5.74) is -2.74. The topological polar surface area (TPSA) is 132 Å². The Labute approximate surface area is 82.2 Å². The maximum atomic E-state index is 10.3. The molecule has 0 aliphatic carbocycles. The Morgan fingerprint density at radius 1 is 0.929 bits per heavy atom. The van der Waals surface area contributed by atoms with E-state index in [1.54, 1.807) is 0 Å². The number of hydrogen-bond donors (Lipinski definition) is 4. The summed E-state index contributed by atoms with van der Waals surface area (Å²) in [4.78, 5) is 30.5. The summed E-state index contributed by atoms with van der Waals surface area (Å²) in [7, 11) is 0. The van der Waals surface area contributed by atoms with Gasteiger partial charge in [-0.1, -0.05) is 0 Å². The van der Waals surface area contributed by atoms with E-state index in [9.17, 15) is 14.4 Å². The molecule has 0 amide bonds. The molecular formula is C6H10BeO7. The van der Waals surface area contributed by atoms with Crippen molar-refractivity contribution in [3.63, 3.8) is 0 Å². The molecule has 0 spiro atoms. The van der Waals surface area contributed by atoms with Gasteiger partial charge in [0.15, 0.2) is 5.60 Å². The van der Waals surface area contributed by atoms with Gasteiger partial charge in [0.25, 0.3) is 0 Å². The number of rotatable bonds is 5. The quantitative estimate of drug-likeness (QED) is 0.374. The number of carboxylic acid groups (broad SMARTS) is 3. The molecule has 0 bridgehead atoms. The first-order valence-electron chi connectivity index (χ1n) is 3.17. The summed E-state index contributed by atoms with van der Waals surface area (Å²) in [5.74, 6) is -5.02. The van der Waals surface area contributed by atoms with Gasteiger partial charge in [-0.05, 0) is 0 Å². The van der Waals surface area contributed by atoms with Crippen molar-refractivity contribution in [2.24, 2.45) is 0 Å². The number of aliphatic hydroxyl groups is 1. The van der Waals surface area contributed by atoms with E-state index in [2.05, 4.69) is 0 Å². The molecule has 0 saturated carbocycles. The third-order valence-corrected chi connectivity index (χ3v) is 1.29. The van der Waals surface area contributed by atoms with Crippen LogP contribution in [0.25, 0.3) is 0 Å². The average molecular weight is 203 g/mol. The van der Waals surface area contributed by atoms with Crippen molar-refractivity contribution < 1.29 is 34.8 Å². The summed E-state index contributed by atoms with van der Waals surface area (Å²) in [5, 5.41) is 33.8. The van der Waals surface area contributed by atoms with Crippen molar-refractivity contribution in [3.8, 4) is 0 Å². The van der Waals surface area contributed by atoms with E-state index < -0.39 is 36.4 Å². The number of aliphatic carboxylic acids is 3. The van der Waals surface area contributed by atoms with E-state index in [0.29, 0.717) is 0 Å². The van der Waals surface area contributed by atoms with E-state index in [1.807, 2.05) is 0 Å². The van der Waals surface area contributed by atoms with Crippen LogP contribution in [0.4, 0.5) is 0 Å². The number of carbonyl (C=O) groups is 3. The summed E-state index contributed by atoms with van der Waals surface area (Å²) in [6.45, 7) is 0. The van der Waals surface area contributed by atoms with Crippen LogP contribution >= 0.6 is 0 Å². The summed E-state index contributed by atoms with van der Waals surface area (Å²) in [6.07, 6.45) is -2.29. The zero-order chi connectivity index (χ0) is 10.6. The summed E-state index contributed by atoms with van der Waals surface area (Å²) < 4.78 is 0. The van der Waals surface area contributed by atoms with Crippen molar-refractivity contribution in [1.29, 1.82) is 0 Å². The minimum absolute atomic E-state index is 0. The van der Waals surface area contributed by atoms with Gasteiger partial charge in [-0.3, -0.25) is 9.59 Å². The molecule has 0 aromatic rings. The first-order valence-corrected chi connectivity index (χ1v) is 3.17. The molecule has 0 heterocycles. The minimum atomic E-state index is -2.74. The Morgan fingerprint density at radius 3 is 1.36 bits per heavy atom. The van der Waals surface area contributed by atoms with Crippen LogP contribution in [-0.2, 0) is 14.4 Å². The Balaban J connectivity index is 0. The second-order valence-corrected chi connectivity index (χ2v) is 2.48. The predicted octanol–water partition coefficient (Wildman–Crippen LogP) is -2.16. The Kier molecular flexibility index (Phi) is 5.70. The molecule has 0 atom stereocenters. The van der Waals surface area contributed by atoms with E-state index in [-0.39, 0.29) is 10.1 Å². The van der Waals surface area contributed by atoms with Crippen molar-refractivity contribution >= 4 is 28.0 Å². The van der Waals surface area contributed by atoms with Gasteiger partial charge in [-0.2, -0.15) is 0 Å². The van der Waals surface area contributed by atoms with Crippen molar-refractivity contribution in [3.05, 3.63) is 0 Å². The van der Waals surface area contributed by atoms with E-state index in [0.717, 1.165) is 0 Å². The standard InChI is InChI=1S/C6H8O7.Be.2H/c7-3(8)1-6(13,5(11)12)2-4(9)10;;;/h13H,1-2H2,(H,7,8)(H,9,10)(H,11,12);;;. The van der Waals surface area contributed by atoms with E-state index in [4.69, 9.17) is 20.4 Å². The van der Waals surface area contributed by atoms with Gasteiger partial charge in [0, 0.05) is 0 Å². The van der Waals surface area contributed by atoms with Gasteiger partial charge in [0.2, 0.25) is 0 Å². The second-order valence-electron chi connectivity index (χ2n) is 2.48. The van der Waals surface area contributed by atoms with Gasteiger partial charge in [0.1, 0.15) is 0 Å². The number of hydrogen-bond acceptors (Lipinski definition) is 4. The Hall–Kier alpha value is -1.46. The molecular weight excluding hydrogens is 193 g/mol. The van der Waals surface area contributed by atoms with Crippen LogP contribution < -0.4 is 0 Å². The normalized spacial score (nSPS) is 10.1. The van der Waals surface area contributed by atoms with Gasteiger partial charge in [-0.25, -0.2) is 4.79 Å². The van der Waals surface area contributed by atoms with Crippen molar-refractivity contribution in [2.45, 2.75) is 18.4 Å². The third kappa shape index (κ3) is 4.54. The SMILES string of the molecule is O=C(O)CC(O)(CC(=O)O)C(=O)O.[BeH2]. The average Bonchev–Trinajstić information content (AvgIpc) is 1.82. The molecule has 0 radical (unpaired) electrons.